The van der Waals surface area contributed by atoms with Crippen molar-refractivity contribution in [2.45, 2.75) is 30.3 Å². The number of tetrazole rings is 1. The highest BCUT2D eigenvalue weighted by atomic mass is 19.4. The summed E-state index contributed by atoms with van der Waals surface area (Å²) in [6, 6.07) is 8.63. The number of halogens is 6. The van der Waals surface area contributed by atoms with Gasteiger partial charge in [0.25, 0.3) is 0 Å². The molecule has 0 saturated carbocycles. The number of nitrogens with zero attached hydrogens (tertiary/aromatic N) is 5. The number of rotatable bonds is 4. The predicted octanol–water partition coefficient (Wildman–Crippen LogP) is 3.97. The van der Waals surface area contributed by atoms with E-state index in [4.69, 9.17) is 0 Å². The van der Waals surface area contributed by atoms with Crippen molar-refractivity contribution < 1.29 is 36.6 Å². The Morgan fingerprint density at radius 2 is 1.64 bits per heavy atom. The zero-order valence-electron chi connectivity index (χ0n) is 18.0. The van der Waals surface area contributed by atoms with Crippen LogP contribution in [0.4, 0.5) is 26.3 Å². The molecule has 0 saturated heterocycles. The number of aromatic nitrogens is 5. The van der Waals surface area contributed by atoms with Crippen molar-refractivity contribution in [1.82, 2.24) is 25.2 Å². The Morgan fingerprint density at radius 1 is 0.944 bits per heavy atom. The third-order valence-corrected chi connectivity index (χ3v) is 6.08. The van der Waals surface area contributed by atoms with Gasteiger partial charge in [-0.25, -0.2) is 9.07 Å². The van der Waals surface area contributed by atoms with Crippen LogP contribution in [0.1, 0.15) is 34.1 Å². The molecule has 0 aliphatic carbocycles. The van der Waals surface area contributed by atoms with Crippen molar-refractivity contribution in [2.24, 2.45) is 0 Å². The van der Waals surface area contributed by atoms with Crippen molar-refractivity contribution in [3.63, 3.8) is 0 Å². The van der Waals surface area contributed by atoms with E-state index < -0.39 is 47.4 Å². The van der Waals surface area contributed by atoms with Gasteiger partial charge in [-0.2, -0.15) is 22.0 Å². The van der Waals surface area contributed by atoms with Crippen LogP contribution in [0.25, 0.3) is 11.4 Å². The van der Waals surface area contributed by atoms with Gasteiger partial charge in [-0.1, -0.05) is 24.3 Å². The summed E-state index contributed by atoms with van der Waals surface area (Å²) in [6.07, 6.45) is -5.05. The quantitative estimate of drug-likeness (QED) is 0.406. The third-order valence-electron chi connectivity index (χ3n) is 6.08. The maximum Gasteiger partial charge on any atom is 0.416 e. The average Bonchev–Trinajstić information content (AvgIpc) is 3.31. The minimum absolute atomic E-state index is 0.00736. The second-order valence-corrected chi connectivity index (χ2v) is 8.28. The number of aliphatic hydroxyl groups is 2. The number of pyridine rings is 1. The molecule has 0 fully saturated rings. The number of benzene rings is 2. The molecule has 4 aromatic rings. The summed E-state index contributed by atoms with van der Waals surface area (Å²) in [5.41, 5.74) is -4.94. The summed E-state index contributed by atoms with van der Waals surface area (Å²) >= 11 is 0. The lowest BCUT2D eigenvalue weighted by atomic mass is 9.80. The maximum absolute atomic E-state index is 15.8. The molecule has 0 bridgehead atoms. The molecule has 7 nitrogen and oxygen atoms in total. The molecule has 2 unspecified atom stereocenters. The van der Waals surface area contributed by atoms with Crippen molar-refractivity contribution in [3.05, 3.63) is 94.6 Å². The van der Waals surface area contributed by atoms with Crippen molar-refractivity contribution in [2.75, 3.05) is 0 Å². The van der Waals surface area contributed by atoms with E-state index in [9.17, 15) is 27.8 Å². The van der Waals surface area contributed by atoms with E-state index in [0.29, 0.717) is 0 Å². The molecule has 186 valence electrons. The molecule has 2 N–H and O–H groups in total. The number of hydrogen-bond acceptors (Lipinski definition) is 6. The minimum Gasteiger partial charge on any atom is -0.384 e. The summed E-state index contributed by atoms with van der Waals surface area (Å²) in [4.78, 5) is 3.72. The van der Waals surface area contributed by atoms with Crippen LogP contribution >= 0.6 is 0 Å². The Labute approximate surface area is 198 Å². The Morgan fingerprint density at radius 3 is 2.28 bits per heavy atom. The Kier molecular flexibility index (Phi) is 5.37. The van der Waals surface area contributed by atoms with Gasteiger partial charge in [-0.05, 0) is 46.3 Å². The topological polar surface area (TPSA) is 97.0 Å². The average molecular weight is 507 g/mol. The molecule has 36 heavy (non-hydrogen) atoms. The molecular weight excluding hydrogens is 492 g/mol. The van der Waals surface area contributed by atoms with Gasteiger partial charge in [0.2, 0.25) is 0 Å². The highest BCUT2D eigenvalue weighted by Gasteiger charge is 2.59. The summed E-state index contributed by atoms with van der Waals surface area (Å²) < 4.78 is 84.6. The fourth-order valence-corrected chi connectivity index (χ4v) is 4.15. The van der Waals surface area contributed by atoms with Crippen molar-refractivity contribution in [3.8, 4) is 11.4 Å². The highest BCUT2D eigenvalue weighted by molar-refractivity contribution is 5.64. The van der Waals surface area contributed by atoms with Crippen LogP contribution in [-0.2, 0) is 24.2 Å². The first-order chi connectivity index (χ1) is 16.9. The number of hydrogen-bond donors (Lipinski definition) is 2. The molecule has 2 aromatic carbocycles. The Hall–Kier alpha value is -3.84. The molecule has 5 rings (SSSR count). The first kappa shape index (κ1) is 23.9. The summed E-state index contributed by atoms with van der Waals surface area (Å²) in [6.45, 7) is -0.751. The maximum atomic E-state index is 15.8. The molecule has 0 spiro atoms. The Balaban J connectivity index is 1.47. The number of aliphatic hydroxyl groups excluding tert-OH is 1. The van der Waals surface area contributed by atoms with Gasteiger partial charge in [0.15, 0.2) is 11.4 Å². The fourth-order valence-electron chi connectivity index (χ4n) is 4.15. The van der Waals surface area contributed by atoms with E-state index in [0.717, 1.165) is 65.5 Å². The van der Waals surface area contributed by atoms with Crippen LogP contribution in [0, 0.1) is 5.82 Å². The summed E-state index contributed by atoms with van der Waals surface area (Å²) in [7, 11) is 0. The molecule has 2 atom stereocenters. The van der Waals surface area contributed by atoms with E-state index in [1.165, 1.54) is 0 Å². The lowest BCUT2D eigenvalue weighted by Crippen LogP contribution is -2.49. The molecule has 1 aliphatic rings. The van der Waals surface area contributed by atoms with Gasteiger partial charge in [0.05, 0.1) is 12.1 Å². The van der Waals surface area contributed by atoms with Gasteiger partial charge < -0.3 is 10.2 Å². The lowest BCUT2D eigenvalue weighted by Gasteiger charge is -2.39. The molecule has 2 aromatic heterocycles. The minimum atomic E-state index is -4.55. The van der Waals surface area contributed by atoms with E-state index in [1.54, 1.807) is 0 Å². The monoisotopic (exact) mass is 507 g/mol. The van der Waals surface area contributed by atoms with Gasteiger partial charge in [0, 0.05) is 22.9 Å². The molecule has 3 heterocycles. The third kappa shape index (κ3) is 3.71. The van der Waals surface area contributed by atoms with Crippen LogP contribution in [-0.4, -0.2) is 35.4 Å². The molecule has 1 aliphatic heterocycles. The van der Waals surface area contributed by atoms with Crippen LogP contribution in [0.5, 0.6) is 0 Å². The molecular formula is C23H15F6N5O2. The molecule has 13 heteroatoms. The van der Waals surface area contributed by atoms with E-state index >= 15 is 8.78 Å². The second-order valence-electron chi connectivity index (χ2n) is 8.28. The predicted molar refractivity (Wildman–Crippen MR) is 111 cm³/mol. The zero-order chi connectivity index (χ0) is 25.9. The second kappa shape index (κ2) is 8.10. The van der Waals surface area contributed by atoms with Gasteiger partial charge >= 0.3 is 12.1 Å². The van der Waals surface area contributed by atoms with Crippen molar-refractivity contribution >= 4 is 0 Å². The molecule has 0 radical (unpaired) electrons. The smallest absolute Gasteiger partial charge is 0.384 e. The molecule has 0 amide bonds. The highest BCUT2D eigenvalue weighted by Crippen LogP contribution is 2.50. The van der Waals surface area contributed by atoms with Gasteiger partial charge in [-0.15, -0.1) is 5.10 Å². The standard InChI is InChI=1S/C23H15F6N5O2/c24-15-6-7-17-16(9-15)20-31-32-33-34(20)11-21(17,36)22(25,26)18-8-3-13(10-30-18)19(35)12-1-4-14(5-2-12)23(27,28)29/h1-10,19,35-36H,11H2. The number of fused-ring (bicyclic) bond motifs is 3. The Bertz CT molecular complexity index is 1420. The summed E-state index contributed by atoms with van der Waals surface area (Å²) in [5.74, 6) is -4.76. The zero-order valence-corrected chi connectivity index (χ0v) is 18.0. The van der Waals surface area contributed by atoms with Crippen molar-refractivity contribution in [1.29, 1.82) is 0 Å². The van der Waals surface area contributed by atoms with Gasteiger partial charge in [-0.3, -0.25) is 4.98 Å². The van der Waals surface area contributed by atoms with Crippen LogP contribution < -0.4 is 0 Å². The number of alkyl halides is 5. The van der Waals surface area contributed by atoms with E-state index in [2.05, 4.69) is 20.5 Å². The lowest BCUT2D eigenvalue weighted by molar-refractivity contribution is -0.207. The van der Waals surface area contributed by atoms with Crippen LogP contribution in [0.15, 0.2) is 60.8 Å². The van der Waals surface area contributed by atoms with Crippen LogP contribution in [0.2, 0.25) is 0 Å². The van der Waals surface area contributed by atoms with Crippen LogP contribution in [0.3, 0.4) is 0 Å². The van der Waals surface area contributed by atoms with E-state index in [1.807, 2.05) is 0 Å². The SMILES string of the molecule is OC(c1ccc(C(F)(F)F)cc1)c1ccc(C(F)(F)C2(O)Cn3nnnc3-c3cc(F)ccc32)nc1. The largest absolute Gasteiger partial charge is 0.416 e. The first-order valence-electron chi connectivity index (χ1n) is 10.4. The van der Waals surface area contributed by atoms with E-state index in [-0.39, 0.29) is 28.1 Å². The summed E-state index contributed by atoms with van der Waals surface area (Å²) in [5, 5.41) is 32.5. The fraction of sp³-hybridized carbons (Fsp3) is 0.217. The van der Waals surface area contributed by atoms with Gasteiger partial charge in [0.1, 0.15) is 17.6 Å². The normalized spacial score (nSPS) is 18.4. The first-order valence-corrected chi connectivity index (χ1v) is 10.4.